The molecular formula is C18H19ClN2O3. The van der Waals surface area contributed by atoms with Crippen molar-refractivity contribution in [3.8, 4) is 11.5 Å². The quantitative estimate of drug-likeness (QED) is 0.615. The first-order valence-corrected chi connectivity index (χ1v) is 7.88. The highest BCUT2D eigenvalue weighted by molar-refractivity contribution is 6.31. The van der Waals surface area contributed by atoms with Gasteiger partial charge in [-0.25, -0.2) is 5.43 Å². The Bertz CT molecular complexity index is 714. The third kappa shape index (κ3) is 5.28. The van der Waals surface area contributed by atoms with Gasteiger partial charge in [0.25, 0.3) is 5.91 Å². The van der Waals surface area contributed by atoms with Gasteiger partial charge in [0.2, 0.25) is 0 Å². The van der Waals surface area contributed by atoms with Crippen molar-refractivity contribution in [2.45, 2.75) is 13.3 Å². The normalized spacial score (nSPS) is 11.0. The van der Waals surface area contributed by atoms with Gasteiger partial charge in [0.1, 0.15) is 11.5 Å². The van der Waals surface area contributed by atoms with Gasteiger partial charge in [-0.3, -0.25) is 4.79 Å². The molecule has 0 saturated carbocycles. The van der Waals surface area contributed by atoms with E-state index in [0.29, 0.717) is 17.2 Å². The first-order chi connectivity index (χ1) is 11.6. The van der Waals surface area contributed by atoms with E-state index in [1.807, 2.05) is 25.1 Å². The number of rotatable bonds is 7. The molecule has 5 nitrogen and oxygen atoms in total. The molecule has 24 heavy (non-hydrogen) atoms. The van der Waals surface area contributed by atoms with E-state index in [2.05, 4.69) is 10.5 Å². The maximum atomic E-state index is 11.9. The molecule has 0 unspecified atom stereocenters. The third-order valence-corrected chi connectivity index (χ3v) is 3.47. The van der Waals surface area contributed by atoms with Crippen LogP contribution in [0.25, 0.3) is 0 Å². The van der Waals surface area contributed by atoms with Gasteiger partial charge in [0, 0.05) is 5.02 Å². The van der Waals surface area contributed by atoms with Crippen molar-refractivity contribution in [3.05, 3.63) is 59.1 Å². The highest BCUT2D eigenvalue weighted by Crippen LogP contribution is 2.16. The summed E-state index contributed by atoms with van der Waals surface area (Å²) in [5.74, 6) is 0.977. The number of benzene rings is 2. The topological polar surface area (TPSA) is 59.9 Å². The largest absolute Gasteiger partial charge is 0.497 e. The number of ether oxygens (including phenoxy) is 2. The first-order valence-electron chi connectivity index (χ1n) is 7.50. The van der Waals surface area contributed by atoms with Crippen LogP contribution in [0.3, 0.4) is 0 Å². The second kappa shape index (κ2) is 8.93. The molecule has 0 heterocycles. The van der Waals surface area contributed by atoms with E-state index in [0.717, 1.165) is 17.0 Å². The number of nitrogens with zero attached hydrogens (tertiary/aromatic N) is 1. The predicted molar refractivity (Wildman–Crippen MR) is 94.9 cm³/mol. The number of nitrogens with one attached hydrogen (secondary N) is 1. The molecule has 0 aliphatic carbocycles. The number of halogens is 1. The highest BCUT2D eigenvalue weighted by Gasteiger charge is 2.05. The van der Waals surface area contributed by atoms with Crippen LogP contribution >= 0.6 is 11.6 Å². The minimum atomic E-state index is -0.334. The van der Waals surface area contributed by atoms with Crippen molar-refractivity contribution in [2.75, 3.05) is 13.7 Å². The maximum Gasteiger partial charge on any atom is 0.277 e. The Hall–Kier alpha value is -2.53. The lowest BCUT2D eigenvalue weighted by Gasteiger charge is -2.08. The van der Waals surface area contributed by atoms with E-state index >= 15 is 0 Å². The lowest BCUT2D eigenvalue weighted by molar-refractivity contribution is -0.123. The molecule has 0 aliphatic rings. The minimum absolute atomic E-state index is 0.123. The SMILES string of the molecule is CC/C(=N\NC(=O)COc1ccc(OC)cc1)c1cccc(Cl)c1. The van der Waals surface area contributed by atoms with E-state index < -0.39 is 0 Å². The summed E-state index contributed by atoms with van der Waals surface area (Å²) < 4.78 is 10.5. The Labute approximate surface area is 146 Å². The van der Waals surface area contributed by atoms with Crippen molar-refractivity contribution >= 4 is 23.2 Å². The number of carbonyl (C=O) groups is 1. The fourth-order valence-electron chi connectivity index (χ4n) is 2.00. The maximum absolute atomic E-state index is 11.9. The summed E-state index contributed by atoms with van der Waals surface area (Å²) in [4.78, 5) is 11.9. The molecular weight excluding hydrogens is 328 g/mol. The third-order valence-electron chi connectivity index (χ3n) is 3.24. The van der Waals surface area contributed by atoms with Gasteiger partial charge in [-0.05, 0) is 48.4 Å². The van der Waals surface area contributed by atoms with Gasteiger partial charge in [0.15, 0.2) is 6.61 Å². The summed E-state index contributed by atoms with van der Waals surface area (Å²) in [6.07, 6.45) is 0.667. The molecule has 0 fully saturated rings. The van der Waals surface area contributed by atoms with Crippen LogP contribution in [-0.4, -0.2) is 25.3 Å². The van der Waals surface area contributed by atoms with Crippen molar-refractivity contribution in [1.29, 1.82) is 0 Å². The predicted octanol–water partition coefficient (Wildman–Crippen LogP) is 3.66. The molecule has 0 bridgehead atoms. The van der Waals surface area contributed by atoms with Crippen LogP contribution in [-0.2, 0) is 4.79 Å². The van der Waals surface area contributed by atoms with Gasteiger partial charge in [0.05, 0.1) is 12.8 Å². The summed E-state index contributed by atoms with van der Waals surface area (Å²) >= 11 is 5.98. The Morgan fingerprint density at radius 3 is 2.50 bits per heavy atom. The van der Waals surface area contributed by atoms with Gasteiger partial charge in [-0.15, -0.1) is 0 Å². The number of methoxy groups -OCH3 is 1. The molecule has 0 atom stereocenters. The summed E-state index contributed by atoms with van der Waals surface area (Å²) in [7, 11) is 1.59. The smallest absolute Gasteiger partial charge is 0.277 e. The van der Waals surface area contributed by atoms with Crippen molar-refractivity contribution in [3.63, 3.8) is 0 Å². The Morgan fingerprint density at radius 1 is 1.17 bits per heavy atom. The fraction of sp³-hybridized carbons (Fsp3) is 0.222. The van der Waals surface area contributed by atoms with E-state index in [-0.39, 0.29) is 12.5 Å². The molecule has 0 aliphatic heterocycles. The number of carbonyl (C=O) groups excluding carboxylic acids is 1. The summed E-state index contributed by atoms with van der Waals surface area (Å²) in [6, 6.07) is 14.3. The lowest BCUT2D eigenvalue weighted by Crippen LogP contribution is -2.26. The Morgan fingerprint density at radius 2 is 1.88 bits per heavy atom. The van der Waals surface area contributed by atoms with Crippen molar-refractivity contribution in [2.24, 2.45) is 5.10 Å². The standard InChI is InChI=1S/C18H19ClN2O3/c1-3-17(13-5-4-6-14(19)11-13)20-21-18(22)12-24-16-9-7-15(23-2)8-10-16/h4-11H,3,12H2,1-2H3,(H,21,22)/b20-17+. The Kier molecular flexibility index (Phi) is 6.63. The number of hydrogen-bond donors (Lipinski definition) is 1. The van der Waals surface area contributed by atoms with Crippen LogP contribution in [0, 0.1) is 0 Å². The summed E-state index contributed by atoms with van der Waals surface area (Å²) in [5.41, 5.74) is 4.12. The van der Waals surface area contributed by atoms with Crippen molar-refractivity contribution in [1.82, 2.24) is 5.43 Å². The fourth-order valence-corrected chi connectivity index (χ4v) is 2.19. The molecule has 2 rings (SSSR count). The summed E-state index contributed by atoms with van der Waals surface area (Å²) in [5, 5.41) is 4.78. The van der Waals surface area contributed by atoms with Crippen LogP contribution in [0.1, 0.15) is 18.9 Å². The molecule has 0 saturated heterocycles. The number of hydrazone groups is 1. The molecule has 0 spiro atoms. The van der Waals surface area contributed by atoms with E-state index in [9.17, 15) is 4.79 Å². The average Bonchev–Trinajstić information content (AvgIpc) is 2.61. The summed E-state index contributed by atoms with van der Waals surface area (Å²) in [6.45, 7) is 1.84. The van der Waals surface area contributed by atoms with Crippen LogP contribution in [0.4, 0.5) is 0 Å². The van der Waals surface area contributed by atoms with Crippen molar-refractivity contribution < 1.29 is 14.3 Å². The number of hydrogen-bond acceptors (Lipinski definition) is 4. The second-order valence-corrected chi connectivity index (χ2v) is 5.36. The average molecular weight is 347 g/mol. The molecule has 2 aromatic carbocycles. The molecule has 0 radical (unpaired) electrons. The molecule has 1 amide bonds. The molecule has 6 heteroatoms. The zero-order valence-corrected chi connectivity index (χ0v) is 14.3. The van der Waals surface area contributed by atoms with Crippen LogP contribution in [0.2, 0.25) is 5.02 Å². The van der Waals surface area contributed by atoms with Crippen LogP contribution in [0.5, 0.6) is 11.5 Å². The molecule has 126 valence electrons. The van der Waals surface area contributed by atoms with Gasteiger partial charge < -0.3 is 9.47 Å². The minimum Gasteiger partial charge on any atom is -0.497 e. The van der Waals surface area contributed by atoms with Crippen LogP contribution < -0.4 is 14.9 Å². The zero-order chi connectivity index (χ0) is 17.4. The first kappa shape index (κ1) is 17.8. The number of amides is 1. The highest BCUT2D eigenvalue weighted by atomic mass is 35.5. The second-order valence-electron chi connectivity index (χ2n) is 4.92. The lowest BCUT2D eigenvalue weighted by atomic mass is 10.1. The molecule has 2 aromatic rings. The van der Waals surface area contributed by atoms with Gasteiger partial charge in [-0.1, -0.05) is 30.7 Å². The van der Waals surface area contributed by atoms with Crippen LogP contribution in [0.15, 0.2) is 53.6 Å². The van der Waals surface area contributed by atoms with Gasteiger partial charge >= 0.3 is 0 Å². The Balaban J connectivity index is 1.90. The van der Waals surface area contributed by atoms with E-state index in [1.165, 1.54) is 0 Å². The molecule has 0 aromatic heterocycles. The van der Waals surface area contributed by atoms with E-state index in [1.54, 1.807) is 37.4 Å². The zero-order valence-electron chi connectivity index (χ0n) is 13.6. The molecule has 1 N–H and O–H groups in total. The van der Waals surface area contributed by atoms with E-state index in [4.69, 9.17) is 21.1 Å². The monoisotopic (exact) mass is 346 g/mol. The van der Waals surface area contributed by atoms with Gasteiger partial charge in [-0.2, -0.15) is 5.10 Å².